The Balaban J connectivity index is 1.44. The summed E-state index contributed by atoms with van der Waals surface area (Å²) < 4.78 is 14.4. The third-order valence-corrected chi connectivity index (χ3v) is 5.89. The summed E-state index contributed by atoms with van der Waals surface area (Å²) in [4.78, 5) is 29.2. The molecule has 0 saturated carbocycles. The van der Waals surface area contributed by atoms with Gasteiger partial charge in [0.1, 0.15) is 5.82 Å². The molecule has 3 rings (SSSR count). The van der Waals surface area contributed by atoms with Crippen molar-refractivity contribution in [3.05, 3.63) is 56.4 Å². The zero-order valence-electron chi connectivity index (χ0n) is 14.1. The van der Waals surface area contributed by atoms with Crippen LogP contribution in [0.3, 0.4) is 0 Å². The fraction of sp³-hybridized carbons (Fsp3) is 0.333. The summed E-state index contributed by atoms with van der Waals surface area (Å²) in [6.07, 6.45) is 0.792. The molecule has 138 valence electrons. The summed E-state index contributed by atoms with van der Waals surface area (Å²) in [5.41, 5.74) is 0.338. The first-order valence-electron chi connectivity index (χ1n) is 8.35. The molecular weight excluding hydrogens is 421 g/mol. The van der Waals surface area contributed by atoms with Gasteiger partial charge < -0.3 is 15.1 Å². The fourth-order valence-corrected chi connectivity index (χ4v) is 4.29. The number of hydrogen-bond donors (Lipinski definition) is 1. The first kappa shape index (κ1) is 18.8. The van der Waals surface area contributed by atoms with Gasteiger partial charge in [0.25, 0.3) is 5.91 Å². The number of benzene rings is 1. The maximum Gasteiger partial charge on any atom is 0.317 e. The summed E-state index contributed by atoms with van der Waals surface area (Å²) in [5, 5.41) is 2.92. The van der Waals surface area contributed by atoms with Gasteiger partial charge >= 0.3 is 6.03 Å². The van der Waals surface area contributed by atoms with Gasteiger partial charge in [0.15, 0.2) is 0 Å². The summed E-state index contributed by atoms with van der Waals surface area (Å²) in [5.74, 6) is -0.625. The van der Waals surface area contributed by atoms with E-state index in [2.05, 4.69) is 21.2 Å². The van der Waals surface area contributed by atoms with Crippen LogP contribution in [0.15, 0.2) is 40.2 Å². The van der Waals surface area contributed by atoms with Crippen LogP contribution in [-0.4, -0.2) is 54.5 Å². The molecule has 0 spiro atoms. The molecule has 1 N–H and O–H groups in total. The van der Waals surface area contributed by atoms with Crippen LogP contribution in [-0.2, 0) is 6.42 Å². The Morgan fingerprint density at radius 3 is 2.50 bits per heavy atom. The summed E-state index contributed by atoms with van der Waals surface area (Å²) >= 11 is 5.08. The minimum Gasteiger partial charge on any atom is -0.338 e. The number of piperazine rings is 1. The molecule has 0 unspecified atom stereocenters. The average molecular weight is 440 g/mol. The van der Waals surface area contributed by atoms with E-state index in [-0.39, 0.29) is 11.9 Å². The van der Waals surface area contributed by atoms with E-state index in [4.69, 9.17) is 0 Å². The number of hydrogen-bond acceptors (Lipinski definition) is 3. The SMILES string of the molecule is O=C(NCCc1ccc(Br)s1)N1CCN(C(=O)c2cccc(F)c2)CC1. The van der Waals surface area contributed by atoms with Crippen molar-refractivity contribution >= 4 is 39.2 Å². The zero-order valence-corrected chi connectivity index (χ0v) is 16.5. The first-order chi connectivity index (χ1) is 12.5. The standard InChI is InChI=1S/C18H19BrFN3O2S/c19-16-5-4-15(26-16)6-7-21-18(25)23-10-8-22(9-11-23)17(24)13-2-1-3-14(20)12-13/h1-5,12H,6-11H2,(H,21,25). The topological polar surface area (TPSA) is 52.7 Å². The average Bonchev–Trinajstić information content (AvgIpc) is 3.06. The quantitative estimate of drug-likeness (QED) is 0.793. The maximum atomic E-state index is 13.3. The van der Waals surface area contributed by atoms with E-state index in [0.717, 1.165) is 10.2 Å². The Morgan fingerprint density at radius 2 is 1.85 bits per heavy atom. The summed E-state index contributed by atoms with van der Waals surface area (Å²) in [6, 6.07) is 9.61. The molecule has 0 aliphatic carbocycles. The van der Waals surface area contributed by atoms with Crippen LogP contribution >= 0.6 is 27.3 Å². The lowest BCUT2D eigenvalue weighted by Crippen LogP contribution is -2.53. The van der Waals surface area contributed by atoms with Gasteiger partial charge in [0.2, 0.25) is 0 Å². The van der Waals surface area contributed by atoms with E-state index in [0.29, 0.717) is 38.3 Å². The fourth-order valence-electron chi connectivity index (χ4n) is 2.81. The second-order valence-electron chi connectivity index (χ2n) is 5.98. The Kier molecular flexibility index (Phi) is 6.26. The van der Waals surface area contributed by atoms with Crippen molar-refractivity contribution in [1.82, 2.24) is 15.1 Å². The Hall–Kier alpha value is -1.93. The molecule has 0 bridgehead atoms. The van der Waals surface area contributed by atoms with Gasteiger partial charge in [-0.3, -0.25) is 4.79 Å². The van der Waals surface area contributed by atoms with Crippen molar-refractivity contribution < 1.29 is 14.0 Å². The van der Waals surface area contributed by atoms with Crippen LogP contribution in [0, 0.1) is 5.82 Å². The van der Waals surface area contributed by atoms with E-state index in [1.807, 2.05) is 12.1 Å². The van der Waals surface area contributed by atoms with Crippen molar-refractivity contribution in [2.75, 3.05) is 32.7 Å². The number of nitrogens with zero attached hydrogens (tertiary/aromatic N) is 2. The predicted octanol–water partition coefficient (Wildman–Crippen LogP) is 3.36. The molecule has 1 aromatic heterocycles. The van der Waals surface area contributed by atoms with E-state index < -0.39 is 5.82 Å². The van der Waals surface area contributed by atoms with Gasteiger partial charge in [-0.25, -0.2) is 9.18 Å². The number of carbonyl (C=O) groups is 2. The number of nitrogens with one attached hydrogen (secondary N) is 1. The third kappa shape index (κ3) is 4.82. The highest BCUT2D eigenvalue weighted by atomic mass is 79.9. The monoisotopic (exact) mass is 439 g/mol. The molecular formula is C18H19BrFN3O2S. The lowest BCUT2D eigenvalue weighted by atomic mass is 10.2. The van der Waals surface area contributed by atoms with Crippen LogP contribution < -0.4 is 5.32 Å². The van der Waals surface area contributed by atoms with Crippen LogP contribution in [0.25, 0.3) is 0 Å². The minimum absolute atomic E-state index is 0.113. The Bertz CT molecular complexity index is 790. The molecule has 3 amide bonds. The summed E-state index contributed by atoms with van der Waals surface area (Å²) in [6.45, 7) is 2.41. The van der Waals surface area contributed by atoms with E-state index in [1.165, 1.54) is 23.1 Å². The molecule has 1 aromatic carbocycles. The van der Waals surface area contributed by atoms with Gasteiger partial charge in [-0.15, -0.1) is 11.3 Å². The predicted molar refractivity (Wildman–Crippen MR) is 103 cm³/mol. The molecule has 5 nitrogen and oxygen atoms in total. The van der Waals surface area contributed by atoms with Crippen LogP contribution in [0.4, 0.5) is 9.18 Å². The second kappa shape index (κ2) is 8.64. The molecule has 26 heavy (non-hydrogen) atoms. The maximum absolute atomic E-state index is 13.3. The second-order valence-corrected chi connectivity index (χ2v) is 8.52. The lowest BCUT2D eigenvalue weighted by Gasteiger charge is -2.34. The minimum atomic E-state index is -0.424. The van der Waals surface area contributed by atoms with Gasteiger partial charge in [-0.05, 0) is 52.7 Å². The van der Waals surface area contributed by atoms with E-state index in [9.17, 15) is 14.0 Å². The smallest absolute Gasteiger partial charge is 0.317 e. The molecule has 2 heterocycles. The highest BCUT2D eigenvalue weighted by Crippen LogP contribution is 2.22. The normalized spacial score (nSPS) is 14.4. The molecule has 0 atom stereocenters. The number of urea groups is 1. The zero-order chi connectivity index (χ0) is 18.5. The van der Waals surface area contributed by atoms with Crippen molar-refractivity contribution in [2.45, 2.75) is 6.42 Å². The van der Waals surface area contributed by atoms with Crippen LogP contribution in [0.5, 0.6) is 0 Å². The van der Waals surface area contributed by atoms with Crippen molar-refractivity contribution in [1.29, 1.82) is 0 Å². The third-order valence-electron chi connectivity index (χ3n) is 4.20. The first-order valence-corrected chi connectivity index (χ1v) is 9.96. The van der Waals surface area contributed by atoms with E-state index >= 15 is 0 Å². The Morgan fingerprint density at radius 1 is 1.12 bits per heavy atom. The van der Waals surface area contributed by atoms with Gasteiger partial charge in [-0.2, -0.15) is 0 Å². The van der Waals surface area contributed by atoms with Gasteiger partial charge in [0, 0.05) is 43.2 Å². The molecule has 2 aromatic rings. The highest BCUT2D eigenvalue weighted by Gasteiger charge is 2.24. The molecule has 1 aliphatic heterocycles. The number of amides is 3. The molecule has 8 heteroatoms. The highest BCUT2D eigenvalue weighted by molar-refractivity contribution is 9.11. The number of halogens is 2. The molecule has 1 saturated heterocycles. The van der Waals surface area contributed by atoms with Crippen LogP contribution in [0.2, 0.25) is 0 Å². The van der Waals surface area contributed by atoms with Crippen molar-refractivity contribution in [2.24, 2.45) is 0 Å². The number of carbonyl (C=O) groups excluding carboxylic acids is 2. The van der Waals surface area contributed by atoms with Crippen molar-refractivity contribution in [3.8, 4) is 0 Å². The molecule has 1 fully saturated rings. The lowest BCUT2D eigenvalue weighted by molar-refractivity contribution is 0.0664. The number of thiophene rings is 1. The van der Waals surface area contributed by atoms with Gasteiger partial charge in [0.05, 0.1) is 3.79 Å². The summed E-state index contributed by atoms with van der Waals surface area (Å²) in [7, 11) is 0. The largest absolute Gasteiger partial charge is 0.338 e. The van der Waals surface area contributed by atoms with Crippen molar-refractivity contribution in [3.63, 3.8) is 0 Å². The van der Waals surface area contributed by atoms with E-state index in [1.54, 1.807) is 27.2 Å². The molecule has 0 radical (unpaired) electrons. The Labute approximate surface area is 163 Å². The number of rotatable bonds is 4. The van der Waals surface area contributed by atoms with Gasteiger partial charge in [-0.1, -0.05) is 6.07 Å². The van der Waals surface area contributed by atoms with Crippen LogP contribution in [0.1, 0.15) is 15.2 Å². The molecule has 1 aliphatic rings.